The van der Waals surface area contributed by atoms with E-state index in [0.717, 1.165) is 5.56 Å². The van der Waals surface area contributed by atoms with Gasteiger partial charge < -0.3 is 14.6 Å². The Morgan fingerprint density at radius 2 is 2.00 bits per heavy atom. The normalized spacial score (nSPS) is 10.0. The molecule has 2 aromatic rings. The van der Waals surface area contributed by atoms with Gasteiger partial charge in [-0.15, -0.1) is 0 Å². The molecule has 0 amide bonds. The average molecular weight is 259 g/mol. The quantitative estimate of drug-likeness (QED) is 0.914. The summed E-state index contributed by atoms with van der Waals surface area (Å²) in [5.41, 5.74) is 0.993. The molecule has 0 fully saturated rings. The molecule has 0 aliphatic carbocycles. The molecular formula is C14H13NO4. The van der Waals surface area contributed by atoms with Crippen molar-refractivity contribution in [3.63, 3.8) is 0 Å². The Bertz CT molecular complexity index is 610. The molecule has 1 heterocycles. The summed E-state index contributed by atoms with van der Waals surface area (Å²) in [7, 11) is 1.50. The number of aromatic carboxylic acids is 1. The minimum absolute atomic E-state index is 0.141. The molecule has 0 radical (unpaired) electrons. The van der Waals surface area contributed by atoms with E-state index in [2.05, 4.69) is 4.98 Å². The van der Waals surface area contributed by atoms with Crippen molar-refractivity contribution >= 4 is 5.97 Å². The largest absolute Gasteiger partial charge is 0.493 e. The van der Waals surface area contributed by atoms with E-state index in [-0.39, 0.29) is 5.56 Å². The SMILES string of the molecule is COc1ccc(C(=O)O)cc1Oc1ccncc1C. The molecule has 0 saturated heterocycles. The number of methoxy groups -OCH3 is 1. The van der Waals surface area contributed by atoms with Crippen molar-refractivity contribution < 1.29 is 19.4 Å². The molecule has 2 rings (SSSR count). The minimum Gasteiger partial charge on any atom is -0.493 e. The molecular weight excluding hydrogens is 246 g/mol. The van der Waals surface area contributed by atoms with Gasteiger partial charge in [-0.05, 0) is 31.2 Å². The Hall–Kier alpha value is -2.56. The second kappa shape index (κ2) is 5.39. The zero-order valence-electron chi connectivity index (χ0n) is 10.6. The van der Waals surface area contributed by atoms with E-state index in [4.69, 9.17) is 14.6 Å². The number of carboxylic acids is 1. The number of rotatable bonds is 4. The van der Waals surface area contributed by atoms with Crippen LogP contribution < -0.4 is 9.47 Å². The van der Waals surface area contributed by atoms with Crippen molar-refractivity contribution in [2.24, 2.45) is 0 Å². The lowest BCUT2D eigenvalue weighted by Crippen LogP contribution is -1.98. The van der Waals surface area contributed by atoms with Gasteiger partial charge in [-0.3, -0.25) is 4.98 Å². The maximum atomic E-state index is 11.0. The summed E-state index contributed by atoms with van der Waals surface area (Å²) in [4.78, 5) is 14.9. The maximum Gasteiger partial charge on any atom is 0.335 e. The molecule has 5 nitrogen and oxygen atoms in total. The second-order valence-electron chi connectivity index (χ2n) is 3.91. The topological polar surface area (TPSA) is 68.7 Å². The van der Waals surface area contributed by atoms with Crippen LogP contribution in [-0.4, -0.2) is 23.2 Å². The van der Waals surface area contributed by atoms with Gasteiger partial charge in [0.05, 0.1) is 12.7 Å². The van der Waals surface area contributed by atoms with Gasteiger partial charge in [-0.25, -0.2) is 4.79 Å². The fraction of sp³-hybridized carbons (Fsp3) is 0.143. The fourth-order valence-electron chi connectivity index (χ4n) is 1.58. The van der Waals surface area contributed by atoms with E-state index in [1.165, 1.54) is 19.2 Å². The van der Waals surface area contributed by atoms with E-state index in [1.807, 2.05) is 6.92 Å². The number of benzene rings is 1. The van der Waals surface area contributed by atoms with Gasteiger partial charge in [-0.1, -0.05) is 0 Å². The summed E-state index contributed by atoms with van der Waals surface area (Å²) in [6.45, 7) is 1.86. The molecule has 98 valence electrons. The molecule has 1 N–H and O–H groups in total. The molecule has 0 aliphatic heterocycles. The predicted octanol–water partition coefficient (Wildman–Crippen LogP) is 2.89. The van der Waals surface area contributed by atoms with Crippen LogP contribution in [0.25, 0.3) is 0 Å². The molecule has 0 aliphatic rings. The number of hydrogen-bond acceptors (Lipinski definition) is 4. The third-order valence-electron chi connectivity index (χ3n) is 2.60. The highest BCUT2D eigenvalue weighted by atomic mass is 16.5. The number of nitrogens with zero attached hydrogens (tertiary/aromatic N) is 1. The van der Waals surface area contributed by atoms with E-state index >= 15 is 0 Å². The van der Waals surface area contributed by atoms with Crippen LogP contribution in [0.15, 0.2) is 36.7 Å². The lowest BCUT2D eigenvalue weighted by molar-refractivity contribution is 0.0696. The molecule has 0 atom stereocenters. The lowest BCUT2D eigenvalue weighted by Gasteiger charge is -2.12. The third kappa shape index (κ3) is 2.82. The Kier molecular flexibility index (Phi) is 3.66. The predicted molar refractivity (Wildman–Crippen MR) is 69.0 cm³/mol. The van der Waals surface area contributed by atoms with Crippen molar-refractivity contribution in [2.45, 2.75) is 6.92 Å². The maximum absolute atomic E-state index is 11.0. The summed E-state index contributed by atoms with van der Waals surface area (Å²) >= 11 is 0. The second-order valence-corrected chi connectivity index (χ2v) is 3.91. The van der Waals surface area contributed by atoms with Crippen LogP contribution in [0.4, 0.5) is 0 Å². The molecule has 0 bridgehead atoms. The first kappa shape index (κ1) is 12.9. The molecule has 0 spiro atoms. The van der Waals surface area contributed by atoms with Crippen molar-refractivity contribution in [3.05, 3.63) is 47.8 Å². The van der Waals surface area contributed by atoms with E-state index in [9.17, 15) is 4.79 Å². The Labute approximate surface area is 110 Å². The first-order valence-electron chi connectivity index (χ1n) is 5.61. The van der Waals surface area contributed by atoms with Crippen LogP contribution in [0.5, 0.6) is 17.2 Å². The van der Waals surface area contributed by atoms with Crippen molar-refractivity contribution in [3.8, 4) is 17.2 Å². The minimum atomic E-state index is -1.01. The molecule has 0 saturated carbocycles. The Morgan fingerprint density at radius 1 is 1.21 bits per heavy atom. The van der Waals surface area contributed by atoms with Crippen LogP contribution in [0.1, 0.15) is 15.9 Å². The van der Waals surface area contributed by atoms with Crippen molar-refractivity contribution in [2.75, 3.05) is 7.11 Å². The van der Waals surface area contributed by atoms with Crippen LogP contribution in [0, 0.1) is 6.92 Å². The van der Waals surface area contributed by atoms with Crippen LogP contribution in [-0.2, 0) is 0 Å². The van der Waals surface area contributed by atoms with Gasteiger partial charge in [0.2, 0.25) is 0 Å². The van der Waals surface area contributed by atoms with E-state index in [0.29, 0.717) is 17.2 Å². The zero-order chi connectivity index (χ0) is 13.8. The monoisotopic (exact) mass is 259 g/mol. The molecule has 19 heavy (non-hydrogen) atoms. The highest BCUT2D eigenvalue weighted by Gasteiger charge is 2.11. The first-order chi connectivity index (χ1) is 9.11. The van der Waals surface area contributed by atoms with E-state index < -0.39 is 5.97 Å². The summed E-state index contributed by atoms with van der Waals surface area (Å²) in [5.74, 6) is 0.424. The highest BCUT2D eigenvalue weighted by molar-refractivity contribution is 5.88. The molecule has 1 aromatic heterocycles. The number of ether oxygens (including phenoxy) is 2. The third-order valence-corrected chi connectivity index (χ3v) is 2.60. The summed E-state index contributed by atoms with van der Waals surface area (Å²) in [6.07, 6.45) is 3.28. The van der Waals surface area contributed by atoms with Gasteiger partial charge >= 0.3 is 5.97 Å². The number of carboxylic acid groups (broad SMARTS) is 1. The van der Waals surface area contributed by atoms with Gasteiger partial charge in [0.1, 0.15) is 5.75 Å². The standard InChI is InChI=1S/C14H13NO4/c1-9-8-15-6-5-11(9)19-13-7-10(14(16)17)3-4-12(13)18-2/h3-8H,1-2H3,(H,16,17). The van der Waals surface area contributed by atoms with Gasteiger partial charge in [0, 0.05) is 18.0 Å². The first-order valence-corrected chi connectivity index (χ1v) is 5.61. The summed E-state index contributed by atoms with van der Waals surface area (Å²) in [5, 5.41) is 8.99. The number of hydrogen-bond donors (Lipinski definition) is 1. The summed E-state index contributed by atoms with van der Waals surface area (Å²) < 4.78 is 10.9. The Balaban J connectivity index is 2.40. The van der Waals surface area contributed by atoms with E-state index in [1.54, 1.807) is 24.5 Å². The zero-order valence-corrected chi connectivity index (χ0v) is 10.6. The number of aromatic nitrogens is 1. The number of carbonyl (C=O) groups is 1. The molecule has 0 unspecified atom stereocenters. The summed E-state index contributed by atoms with van der Waals surface area (Å²) in [6, 6.07) is 6.17. The van der Waals surface area contributed by atoms with Crippen LogP contribution in [0.3, 0.4) is 0 Å². The van der Waals surface area contributed by atoms with Crippen molar-refractivity contribution in [1.29, 1.82) is 0 Å². The number of aryl methyl sites for hydroxylation is 1. The van der Waals surface area contributed by atoms with Gasteiger partial charge in [-0.2, -0.15) is 0 Å². The average Bonchev–Trinajstić information content (AvgIpc) is 2.41. The van der Waals surface area contributed by atoms with Crippen LogP contribution in [0.2, 0.25) is 0 Å². The molecule has 5 heteroatoms. The van der Waals surface area contributed by atoms with Crippen molar-refractivity contribution in [1.82, 2.24) is 4.98 Å². The number of pyridine rings is 1. The van der Waals surface area contributed by atoms with Crippen LogP contribution >= 0.6 is 0 Å². The van der Waals surface area contributed by atoms with Gasteiger partial charge in [0.25, 0.3) is 0 Å². The Morgan fingerprint density at radius 3 is 2.63 bits per heavy atom. The molecule has 1 aromatic carbocycles. The highest BCUT2D eigenvalue weighted by Crippen LogP contribution is 2.33. The smallest absolute Gasteiger partial charge is 0.335 e. The lowest BCUT2D eigenvalue weighted by atomic mass is 10.2. The van der Waals surface area contributed by atoms with Gasteiger partial charge in [0.15, 0.2) is 11.5 Å². The fourth-order valence-corrected chi connectivity index (χ4v) is 1.58.